The van der Waals surface area contributed by atoms with E-state index in [4.69, 9.17) is 10.2 Å². The van der Waals surface area contributed by atoms with Gasteiger partial charge in [-0.25, -0.2) is 18.0 Å². The molecule has 2 amide bonds. The molecule has 0 heterocycles. The maximum absolute atomic E-state index is 9.78. The molecule has 10 heavy (non-hydrogen) atoms. The molecule has 8 heteroatoms. The Balaban J connectivity index is 4.59. The zero-order valence-electron chi connectivity index (χ0n) is 4.42. The number of amides is 2. The maximum atomic E-state index is 9.78. The molecule has 0 radical (unpaired) electrons. The number of thiol groups is 1. The van der Waals surface area contributed by atoms with Gasteiger partial charge in [0.25, 0.3) is 0 Å². The second-order valence-electron chi connectivity index (χ2n) is 1.11. The Morgan fingerprint density at radius 2 is 1.40 bits per heavy atom. The minimum Gasteiger partial charge on any atom is -0.464 e. The predicted octanol–water partition coefficient (Wildman–Crippen LogP) is -0.829. The number of carbonyl (C=O) groups is 2. The van der Waals surface area contributed by atoms with Crippen LogP contribution in [0.2, 0.25) is 0 Å². The minimum absolute atomic E-state index is 0.713. The molecule has 0 spiro atoms. The van der Waals surface area contributed by atoms with Crippen molar-refractivity contribution in [1.29, 1.82) is 0 Å². The van der Waals surface area contributed by atoms with Crippen molar-refractivity contribution in [3.8, 4) is 0 Å². The molecule has 0 aromatic heterocycles. The summed E-state index contributed by atoms with van der Waals surface area (Å²) in [5.41, 5.74) is 0. The van der Waals surface area contributed by atoms with E-state index in [1.807, 2.05) is 0 Å². The Bertz CT molecular complexity index is 208. The van der Waals surface area contributed by atoms with Gasteiger partial charge in [0, 0.05) is 0 Å². The number of nitrogens with zero attached hydrogens (tertiary/aromatic N) is 1. The number of hydrogen-bond acceptors (Lipinski definition) is 4. The second-order valence-corrected chi connectivity index (χ2v) is 1.99. The van der Waals surface area contributed by atoms with E-state index in [9.17, 15) is 18.0 Å². The van der Waals surface area contributed by atoms with Gasteiger partial charge < -0.3 is 10.2 Å². The third kappa shape index (κ3) is 1.90. The Morgan fingerprint density at radius 3 is 1.40 bits per heavy atom. The van der Waals surface area contributed by atoms with E-state index < -0.39 is 27.4 Å². The molecule has 0 bridgehead atoms. The lowest BCUT2D eigenvalue weighted by atomic mass is 11.0. The van der Waals surface area contributed by atoms with Gasteiger partial charge in [-0.3, -0.25) is 0 Å². The minimum atomic E-state index is -3.61. The Kier molecular flexibility index (Phi) is 2.62. The summed E-state index contributed by atoms with van der Waals surface area (Å²) >= 11 is 0. The number of hydrogen-bond donors (Lipinski definition) is 3. The van der Waals surface area contributed by atoms with E-state index in [0.29, 0.717) is 0 Å². The van der Waals surface area contributed by atoms with Crippen molar-refractivity contribution < 1.29 is 28.2 Å². The van der Waals surface area contributed by atoms with Crippen molar-refractivity contribution in [2.75, 3.05) is 0 Å². The van der Waals surface area contributed by atoms with Crippen LogP contribution in [0.25, 0.3) is 0 Å². The Hall–Kier alpha value is -1.31. The van der Waals surface area contributed by atoms with Gasteiger partial charge in [-0.1, -0.05) is 0 Å². The number of carboxylic acid groups (broad SMARTS) is 2. The summed E-state index contributed by atoms with van der Waals surface area (Å²) in [4.78, 5) is 19.5. The largest absolute Gasteiger partial charge is 0.464 e. The molecule has 0 aliphatic carbocycles. The van der Waals surface area contributed by atoms with E-state index in [1.165, 1.54) is 0 Å². The van der Waals surface area contributed by atoms with Crippen molar-refractivity contribution in [3.63, 3.8) is 0 Å². The fraction of sp³-hybridized carbons (Fsp3) is 0. The van der Waals surface area contributed by atoms with Gasteiger partial charge in [0.05, 0.1) is 0 Å². The van der Waals surface area contributed by atoms with Crippen molar-refractivity contribution in [3.05, 3.63) is 0 Å². The average molecular weight is 169 g/mol. The lowest BCUT2D eigenvalue weighted by Crippen LogP contribution is -2.32. The molecular formula is C2H3NO6S. The lowest BCUT2D eigenvalue weighted by molar-refractivity contribution is 0.149. The third-order valence-corrected chi connectivity index (χ3v) is 1.19. The highest BCUT2D eigenvalue weighted by Crippen LogP contribution is 1.88. The van der Waals surface area contributed by atoms with E-state index in [1.54, 1.807) is 0 Å². The second kappa shape index (κ2) is 3.01. The van der Waals surface area contributed by atoms with Gasteiger partial charge in [-0.15, -0.1) is 4.31 Å². The standard InChI is InChI=1S/C2H3NO6S/c4-1(5)3(2(6)7)10(8)9/h10H,(H,4,5)(H,6,7). The summed E-state index contributed by atoms with van der Waals surface area (Å²) in [5.74, 6) is 0. The Labute approximate surface area is 56.6 Å². The lowest BCUT2D eigenvalue weighted by Gasteiger charge is -2.01. The van der Waals surface area contributed by atoms with Crippen molar-refractivity contribution in [2.45, 2.75) is 0 Å². The van der Waals surface area contributed by atoms with Gasteiger partial charge in [-0.05, 0) is 0 Å². The normalized spacial score (nSPS) is 9.30. The monoisotopic (exact) mass is 169 g/mol. The zero-order valence-corrected chi connectivity index (χ0v) is 5.32. The first-order valence-electron chi connectivity index (χ1n) is 1.87. The molecule has 0 fully saturated rings. The van der Waals surface area contributed by atoms with Gasteiger partial charge in [0.2, 0.25) is 10.9 Å². The first-order chi connectivity index (χ1) is 4.46. The van der Waals surface area contributed by atoms with Crippen molar-refractivity contribution in [1.82, 2.24) is 4.31 Å². The predicted molar refractivity (Wildman–Crippen MR) is 28.2 cm³/mol. The SMILES string of the molecule is O=C(O)N(C(=O)O)[SH](=O)=O. The first-order valence-corrected chi connectivity index (χ1v) is 3.00. The van der Waals surface area contributed by atoms with Gasteiger partial charge in [-0.2, -0.15) is 0 Å². The molecule has 0 atom stereocenters. The van der Waals surface area contributed by atoms with Crippen LogP contribution >= 0.6 is 0 Å². The van der Waals surface area contributed by atoms with Crippen LogP contribution in [-0.2, 0) is 10.9 Å². The summed E-state index contributed by atoms with van der Waals surface area (Å²) in [6.45, 7) is 0. The average Bonchev–Trinajstić information content (AvgIpc) is 1.59. The Morgan fingerprint density at radius 1 is 1.10 bits per heavy atom. The van der Waals surface area contributed by atoms with E-state index in [-0.39, 0.29) is 0 Å². The molecule has 0 aliphatic rings. The summed E-state index contributed by atoms with van der Waals surface area (Å²) < 4.78 is 18.9. The van der Waals surface area contributed by atoms with Crippen LogP contribution in [0.5, 0.6) is 0 Å². The van der Waals surface area contributed by atoms with Gasteiger partial charge in [0.15, 0.2) is 0 Å². The van der Waals surface area contributed by atoms with Crippen LogP contribution < -0.4 is 0 Å². The fourth-order valence-corrected chi connectivity index (χ4v) is 0.501. The van der Waals surface area contributed by atoms with Crippen LogP contribution in [-0.4, -0.2) is 35.1 Å². The molecule has 0 rings (SSSR count). The van der Waals surface area contributed by atoms with E-state index >= 15 is 0 Å². The summed E-state index contributed by atoms with van der Waals surface area (Å²) in [6.07, 6.45) is -4.08. The summed E-state index contributed by atoms with van der Waals surface area (Å²) in [5, 5.41) is 15.8. The quantitative estimate of drug-likeness (QED) is 0.441. The van der Waals surface area contributed by atoms with E-state index in [2.05, 4.69) is 0 Å². The van der Waals surface area contributed by atoms with E-state index in [0.717, 1.165) is 0 Å². The third-order valence-electron chi connectivity index (χ3n) is 0.526. The summed E-state index contributed by atoms with van der Waals surface area (Å²) in [7, 11) is -3.61. The molecule has 58 valence electrons. The highest BCUT2D eigenvalue weighted by molar-refractivity contribution is 7.71. The molecule has 0 aliphatic heterocycles. The number of imide groups is 1. The molecular weight excluding hydrogens is 166 g/mol. The van der Waals surface area contributed by atoms with Gasteiger partial charge in [0.1, 0.15) is 0 Å². The maximum Gasteiger partial charge on any atom is 0.430 e. The summed E-state index contributed by atoms with van der Waals surface area (Å²) in [6, 6.07) is 0. The highest BCUT2D eigenvalue weighted by atomic mass is 32.2. The van der Waals surface area contributed by atoms with Crippen LogP contribution in [0.15, 0.2) is 0 Å². The molecule has 0 unspecified atom stereocenters. The van der Waals surface area contributed by atoms with Crippen LogP contribution in [0.1, 0.15) is 0 Å². The van der Waals surface area contributed by atoms with Crippen molar-refractivity contribution in [2.24, 2.45) is 0 Å². The molecule has 2 N–H and O–H groups in total. The van der Waals surface area contributed by atoms with Crippen LogP contribution in [0.3, 0.4) is 0 Å². The van der Waals surface area contributed by atoms with Crippen molar-refractivity contribution >= 4 is 23.1 Å². The smallest absolute Gasteiger partial charge is 0.430 e. The fourth-order valence-electron chi connectivity index (χ4n) is 0.222. The first kappa shape index (κ1) is 8.69. The zero-order chi connectivity index (χ0) is 8.31. The van der Waals surface area contributed by atoms with Crippen LogP contribution in [0, 0.1) is 0 Å². The molecule has 0 saturated heterocycles. The molecule has 7 nitrogen and oxygen atoms in total. The molecule has 0 aromatic rings. The van der Waals surface area contributed by atoms with Gasteiger partial charge >= 0.3 is 12.2 Å². The topological polar surface area (TPSA) is 112 Å². The number of rotatable bonds is 1. The molecule has 0 saturated carbocycles. The molecule has 0 aromatic carbocycles. The highest BCUT2D eigenvalue weighted by Gasteiger charge is 2.21. The van der Waals surface area contributed by atoms with Crippen LogP contribution in [0.4, 0.5) is 9.59 Å².